The Kier molecular flexibility index (Phi) is 5.52. The summed E-state index contributed by atoms with van der Waals surface area (Å²) in [5.41, 5.74) is 0. The molecule has 2 atom stereocenters. The smallest absolute Gasteiger partial charge is 0.225 e. The maximum Gasteiger partial charge on any atom is 0.225 e. The summed E-state index contributed by atoms with van der Waals surface area (Å²) in [5, 5.41) is 3.34. The van der Waals surface area contributed by atoms with Crippen LogP contribution in [-0.4, -0.2) is 49.2 Å². The molecule has 0 radical (unpaired) electrons. The first kappa shape index (κ1) is 13.7. The third kappa shape index (κ3) is 3.61. The van der Waals surface area contributed by atoms with Crippen LogP contribution in [0.25, 0.3) is 0 Å². The minimum Gasteiger partial charge on any atom is -0.378 e. The van der Waals surface area contributed by atoms with Crippen molar-refractivity contribution in [1.82, 2.24) is 10.2 Å². The number of halogens is 1. The number of amides is 1. The minimum atomic E-state index is 0. The van der Waals surface area contributed by atoms with Crippen LogP contribution in [0.1, 0.15) is 26.2 Å². The maximum atomic E-state index is 11.9. The Labute approximate surface area is 103 Å². The lowest BCUT2D eigenvalue weighted by molar-refractivity contribution is -0.134. The van der Waals surface area contributed by atoms with E-state index in [0.717, 1.165) is 39.1 Å². The molecule has 2 rings (SSSR count). The molecule has 2 unspecified atom stereocenters. The standard InChI is InChI=1S/C11H20N2O2.ClH/c1-9-8-13(5-4-12-9)11(14)7-10-3-2-6-15-10;/h9-10,12H,2-8H2,1H3;1H. The molecule has 0 aromatic carbocycles. The van der Waals surface area contributed by atoms with Gasteiger partial charge in [-0.05, 0) is 19.8 Å². The van der Waals surface area contributed by atoms with Gasteiger partial charge in [0.25, 0.3) is 0 Å². The molecule has 0 spiro atoms. The highest BCUT2D eigenvalue weighted by atomic mass is 35.5. The largest absolute Gasteiger partial charge is 0.378 e. The van der Waals surface area contributed by atoms with E-state index in [0.29, 0.717) is 12.5 Å². The summed E-state index contributed by atoms with van der Waals surface area (Å²) < 4.78 is 5.48. The summed E-state index contributed by atoms with van der Waals surface area (Å²) in [6, 6.07) is 0.423. The highest BCUT2D eigenvalue weighted by Crippen LogP contribution is 2.16. The molecule has 0 aliphatic carbocycles. The molecule has 2 aliphatic rings. The second-order valence-electron chi connectivity index (χ2n) is 4.53. The van der Waals surface area contributed by atoms with Gasteiger partial charge in [0.15, 0.2) is 0 Å². The van der Waals surface area contributed by atoms with Gasteiger partial charge in [-0.1, -0.05) is 0 Å². The van der Waals surface area contributed by atoms with Gasteiger partial charge in [-0.3, -0.25) is 4.79 Å². The quantitative estimate of drug-likeness (QED) is 0.786. The minimum absolute atomic E-state index is 0. The Hall–Kier alpha value is -0.320. The van der Waals surface area contributed by atoms with Crippen LogP contribution in [0.4, 0.5) is 0 Å². The maximum absolute atomic E-state index is 11.9. The molecule has 2 aliphatic heterocycles. The van der Waals surface area contributed by atoms with Crippen LogP contribution in [0.15, 0.2) is 0 Å². The summed E-state index contributed by atoms with van der Waals surface area (Å²) in [5.74, 6) is 0.259. The fourth-order valence-corrected chi connectivity index (χ4v) is 2.29. The van der Waals surface area contributed by atoms with E-state index in [2.05, 4.69) is 12.2 Å². The number of ether oxygens (including phenoxy) is 1. The molecule has 0 saturated carbocycles. The van der Waals surface area contributed by atoms with Crippen molar-refractivity contribution in [1.29, 1.82) is 0 Å². The highest BCUT2D eigenvalue weighted by Gasteiger charge is 2.25. The molecule has 0 aromatic rings. The molecule has 94 valence electrons. The van der Waals surface area contributed by atoms with Gasteiger partial charge in [0.05, 0.1) is 12.5 Å². The molecule has 4 nitrogen and oxygen atoms in total. The summed E-state index contributed by atoms with van der Waals surface area (Å²) in [6.07, 6.45) is 2.92. The van der Waals surface area contributed by atoms with E-state index in [4.69, 9.17) is 4.74 Å². The Bertz CT molecular complexity index is 232. The lowest BCUT2D eigenvalue weighted by Gasteiger charge is -2.32. The van der Waals surface area contributed by atoms with E-state index < -0.39 is 0 Å². The van der Waals surface area contributed by atoms with E-state index in [9.17, 15) is 4.79 Å². The van der Waals surface area contributed by atoms with Crippen LogP contribution < -0.4 is 5.32 Å². The predicted octanol–water partition coefficient (Wildman–Crippen LogP) is 0.798. The van der Waals surface area contributed by atoms with Crippen LogP contribution in [0.2, 0.25) is 0 Å². The lowest BCUT2D eigenvalue weighted by atomic mass is 10.1. The zero-order chi connectivity index (χ0) is 10.7. The third-order valence-electron chi connectivity index (χ3n) is 3.15. The predicted molar refractivity (Wildman–Crippen MR) is 64.9 cm³/mol. The first-order chi connectivity index (χ1) is 7.25. The van der Waals surface area contributed by atoms with Gasteiger partial charge in [0.1, 0.15) is 0 Å². The number of hydrogen-bond donors (Lipinski definition) is 1. The van der Waals surface area contributed by atoms with Gasteiger partial charge in [0, 0.05) is 32.3 Å². The molecule has 0 bridgehead atoms. The van der Waals surface area contributed by atoms with Gasteiger partial charge in [-0.2, -0.15) is 0 Å². The molecule has 2 fully saturated rings. The fraction of sp³-hybridized carbons (Fsp3) is 0.909. The van der Waals surface area contributed by atoms with E-state index >= 15 is 0 Å². The number of carbonyl (C=O) groups excluding carboxylic acids is 1. The summed E-state index contributed by atoms with van der Waals surface area (Å²) in [7, 11) is 0. The molecule has 2 heterocycles. The number of nitrogens with zero attached hydrogens (tertiary/aromatic N) is 1. The van der Waals surface area contributed by atoms with E-state index in [1.807, 2.05) is 4.90 Å². The summed E-state index contributed by atoms with van der Waals surface area (Å²) in [4.78, 5) is 13.9. The number of nitrogens with one attached hydrogen (secondary N) is 1. The van der Waals surface area contributed by atoms with Crippen molar-refractivity contribution in [2.75, 3.05) is 26.2 Å². The van der Waals surface area contributed by atoms with Gasteiger partial charge in [0.2, 0.25) is 5.91 Å². The van der Waals surface area contributed by atoms with E-state index in [1.165, 1.54) is 0 Å². The van der Waals surface area contributed by atoms with Gasteiger partial charge < -0.3 is 15.0 Å². The monoisotopic (exact) mass is 248 g/mol. The number of rotatable bonds is 2. The molecule has 16 heavy (non-hydrogen) atoms. The van der Waals surface area contributed by atoms with Crippen molar-refractivity contribution in [2.24, 2.45) is 0 Å². The zero-order valence-corrected chi connectivity index (χ0v) is 10.6. The van der Waals surface area contributed by atoms with Crippen LogP contribution in [-0.2, 0) is 9.53 Å². The lowest BCUT2D eigenvalue weighted by Crippen LogP contribution is -2.51. The number of carbonyl (C=O) groups is 1. The van der Waals surface area contributed by atoms with Gasteiger partial charge in [-0.15, -0.1) is 12.4 Å². The Morgan fingerprint density at radius 2 is 2.38 bits per heavy atom. The number of piperazine rings is 1. The Morgan fingerprint density at radius 3 is 3.00 bits per heavy atom. The normalized spacial score (nSPS) is 29.9. The third-order valence-corrected chi connectivity index (χ3v) is 3.15. The van der Waals surface area contributed by atoms with Crippen molar-refractivity contribution in [2.45, 2.75) is 38.3 Å². The molecular weight excluding hydrogens is 228 g/mol. The van der Waals surface area contributed by atoms with Crippen LogP contribution in [0.3, 0.4) is 0 Å². The van der Waals surface area contributed by atoms with Gasteiger partial charge >= 0.3 is 0 Å². The molecule has 1 amide bonds. The van der Waals surface area contributed by atoms with Crippen LogP contribution in [0.5, 0.6) is 0 Å². The average molecular weight is 249 g/mol. The van der Waals surface area contributed by atoms with Crippen LogP contribution >= 0.6 is 12.4 Å². The van der Waals surface area contributed by atoms with Crippen molar-refractivity contribution in [3.05, 3.63) is 0 Å². The van der Waals surface area contributed by atoms with Crippen molar-refractivity contribution in [3.63, 3.8) is 0 Å². The second-order valence-corrected chi connectivity index (χ2v) is 4.53. The second kappa shape index (κ2) is 6.42. The summed E-state index contributed by atoms with van der Waals surface area (Å²) in [6.45, 7) is 5.54. The van der Waals surface area contributed by atoms with Crippen molar-refractivity contribution >= 4 is 18.3 Å². The first-order valence-electron chi connectivity index (χ1n) is 5.88. The highest BCUT2D eigenvalue weighted by molar-refractivity contribution is 5.85. The van der Waals surface area contributed by atoms with Crippen molar-refractivity contribution < 1.29 is 9.53 Å². The van der Waals surface area contributed by atoms with E-state index in [1.54, 1.807) is 0 Å². The topological polar surface area (TPSA) is 41.6 Å². The first-order valence-corrected chi connectivity index (χ1v) is 5.88. The zero-order valence-electron chi connectivity index (χ0n) is 9.78. The van der Waals surface area contributed by atoms with Gasteiger partial charge in [-0.25, -0.2) is 0 Å². The molecular formula is C11H21ClN2O2. The van der Waals surface area contributed by atoms with E-state index in [-0.39, 0.29) is 24.4 Å². The fourth-order valence-electron chi connectivity index (χ4n) is 2.29. The number of hydrogen-bond acceptors (Lipinski definition) is 3. The molecule has 0 aromatic heterocycles. The SMILES string of the molecule is CC1CN(C(=O)CC2CCCO2)CCN1.Cl. The molecule has 5 heteroatoms. The molecule has 1 N–H and O–H groups in total. The Morgan fingerprint density at radius 1 is 1.56 bits per heavy atom. The summed E-state index contributed by atoms with van der Waals surface area (Å²) >= 11 is 0. The van der Waals surface area contributed by atoms with Crippen LogP contribution in [0, 0.1) is 0 Å². The Balaban J connectivity index is 0.00000128. The molecule has 2 saturated heterocycles. The average Bonchev–Trinajstić information content (AvgIpc) is 2.70. The van der Waals surface area contributed by atoms with Crippen molar-refractivity contribution in [3.8, 4) is 0 Å².